The van der Waals surface area contributed by atoms with E-state index >= 15 is 0 Å². The van der Waals surface area contributed by atoms with Crippen molar-refractivity contribution in [3.63, 3.8) is 0 Å². The Balaban J connectivity index is 1.55. The Kier molecular flexibility index (Phi) is 3.57. The van der Waals surface area contributed by atoms with Crippen molar-refractivity contribution in [1.82, 2.24) is 14.7 Å². The molecule has 4 aromatic rings. The van der Waals surface area contributed by atoms with Gasteiger partial charge in [-0.15, -0.1) is 0 Å². The molecule has 1 N–H and O–H groups in total. The van der Waals surface area contributed by atoms with Crippen molar-refractivity contribution in [3.05, 3.63) is 96.3 Å². The quantitative estimate of drug-likeness (QED) is 0.590. The predicted octanol–water partition coefficient (Wildman–Crippen LogP) is 4.42. The second-order valence-electron chi connectivity index (χ2n) is 7.01. The van der Waals surface area contributed by atoms with Gasteiger partial charge in [0.05, 0.1) is 11.1 Å². The van der Waals surface area contributed by atoms with E-state index in [1.807, 2.05) is 77.3 Å². The number of hydrogen-bond donors (Lipinski definition) is 1. The van der Waals surface area contributed by atoms with Gasteiger partial charge in [-0.1, -0.05) is 66.7 Å². The van der Waals surface area contributed by atoms with Crippen LogP contribution in [0.4, 0.5) is 0 Å². The lowest BCUT2D eigenvalue weighted by Crippen LogP contribution is -2.35. The number of aromatic nitrogens is 2. The van der Waals surface area contributed by atoms with Crippen molar-refractivity contribution in [3.8, 4) is 11.4 Å². The van der Waals surface area contributed by atoms with Gasteiger partial charge >= 0.3 is 0 Å². The molecular weight excluding hydrogens is 334 g/mol. The third-order valence-electron chi connectivity index (χ3n) is 5.22. The number of amides is 1. The van der Waals surface area contributed by atoms with E-state index in [4.69, 9.17) is 4.98 Å². The molecule has 1 aliphatic rings. The first-order chi connectivity index (χ1) is 13.3. The van der Waals surface area contributed by atoms with Crippen molar-refractivity contribution in [2.75, 3.05) is 0 Å². The molecule has 0 aliphatic heterocycles. The first-order valence-corrected chi connectivity index (χ1v) is 9.17. The van der Waals surface area contributed by atoms with Gasteiger partial charge in [0.2, 0.25) is 0 Å². The Bertz CT molecular complexity index is 1110. The van der Waals surface area contributed by atoms with Crippen LogP contribution in [0.1, 0.15) is 28.9 Å². The zero-order valence-corrected chi connectivity index (χ0v) is 14.8. The molecule has 1 saturated carbocycles. The number of hydrogen-bond acceptors (Lipinski definition) is 2. The molecule has 132 valence electrons. The normalized spacial score (nSPS) is 14.8. The van der Waals surface area contributed by atoms with Crippen LogP contribution >= 0.6 is 0 Å². The van der Waals surface area contributed by atoms with E-state index in [1.54, 1.807) is 0 Å². The summed E-state index contributed by atoms with van der Waals surface area (Å²) in [4.78, 5) is 17.9. The number of carbonyl (C=O) groups excluding carboxylic acids is 1. The third-order valence-corrected chi connectivity index (χ3v) is 5.22. The molecule has 4 heteroatoms. The van der Waals surface area contributed by atoms with Crippen molar-refractivity contribution in [2.24, 2.45) is 0 Å². The number of pyridine rings is 1. The fraction of sp³-hybridized carbons (Fsp3) is 0.130. The van der Waals surface area contributed by atoms with Gasteiger partial charge in [-0.25, -0.2) is 4.98 Å². The predicted molar refractivity (Wildman–Crippen MR) is 105 cm³/mol. The summed E-state index contributed by atoms with van der Waals surface area (Å²) in [5, 5.41) is 3.24. The standard InChI is InChI=1S/C23H19N3O/c27-22(25-23(14-15-23)18-11-5-2-6-12-18)20-19-13-7-8-16-26(19)21(24-20)17-9-3-1-4-10-17/h1-13,16H,14-15H2,(H,25,27). The second kappa shape index (κ2) is 6.09. The maximum Gasteiger partial charge on any atom is 0.272 e. The van der Waals surface area contributed by atoms with Crippen LogP contribution in [0.25, 0.3) is 16.9 Å². The molecule has 0 spiro atoms. The Morgan fingerprint density at radius 2 is 1.56 bits per heavy atom. The van der Waals surface area contributed by atoms with E-state index in [2.05, 4.69) is 17.4 Å². The minimum Gasteiger partial charge on any atom is -0.341 e. The molecule has 1 aliphatic carbocycles. The molecule has 2 aromatic carbocycles. The van der Waals surface area contributed by atoms with Gasteiger partial charge in [-0.3, -0.25) is 9.20 Å². The SMILES string of the molecule is O=C(NC1(c2ccccc2)CC1)c1nc(-c2ccccc2)n2ccccc12. The average molecular weight is 353 g/mol. The molecule has 1 amide bonds. The van der Waals surface area contributed by atoms with Crippen molar-refractivity contribution in [1.29, 1.82) is 0 Å². The molecule has 1 fully saturated rings. The van der Waals surface area contributed by atoms with Gasteiger partial charge in [0.1, 0.15) is 5.82 Å². The Morgan fingerprint density at radius 1 is 0.889 bits per heavy atom. The molecular formula is C23H19N3O. The maximum atomic E-state index is 13.1. The molecule has 5 rings (SSSR count). The van der Waals surface area contributed by atoms with Crippen molar-refractivity contribution in [2.45, 2.75) is 18.4 Å². The van der Waals surface area contributed by atoms with E-state index in [1.165, 1.54) is 0 Å². The van der Waals surface area contributed by atoms with Gasteiger partial charge in [0.25, 0.3) is 5.91 Å². The minimum atomic E-state index is -0.254. The lowest BCUT2D eigenvalue weighted by Gasteiger charge is -2.17. The Morgan fingerprint density at radius 3 is 2.26 bits per heavy atom. The highest BCUT2D eigenvalue weighted by Crippen LogP contribution is 2.45. The zero-order chi connectivity index (χ0) is 18.3. The maximum absolute atomic E-state index is 13.1. The van der Waals surface area contributed by atoms with Gasteiger partial charge in [-0.2, -0.15) is 0 Å². The van der Waals surface area contributed by atoms with Crippen molar-refractivity contribution < 1.29 is 4.79 Å². The first kappa shape index (κ1) is 15.8. The fourth-order valence-corrected chi connectivity index (χ4v) is 3.64. The summed E-state index contributed by atoms with van der Waals surface area (Å²) in [6.45, 7) is 0. The van der Waals surface area contributed by atoms with Crippen LogP contribution in [0, 0.1) is 0 Å². The van der Waals surface area contributed by atoms with Crippen LogP contribution in [0.3, 0.4) is 0 Å². The molecule has 0 atom stereocenters. The summed E-state index contributed by atoms with van der Waals surface area (Å²) >= 11 is 0. The fourth-order valence-electron chi connectivity index (χ4n) is 3.64. The van der Waals surface area contributed by atoms with Crippen LogP contribution in [-0.4, -0.2) is 15.3 Å². The Labute approximate surface area is 157 Å². The van der Waals surface area contributed by atoms with E-state index in [9.17, 15) is 4.79 Å². The summed E-state index contributed by atoms with van der Waals surface area (Å²) in [6.07, 6.45) is 3.87. The molecule has 27 heavy (non-hydrogen) atoms. The minimum absolute atomic E-state index is 0.123. The summed E-state index contributed by atoms with van der Waals surface area (Å²) in [6, 6.07) is 26.0. The number of fused-ring (bicyclic) bond motifs is 1. The first-order valence-electron chi connectivity index (χ1n) is 9.17. The zero-order valence-electron chi connectivity index (χ0n) is 14.8. The molecule has 0 unspecified atom stereocenters. The number of nitrogens with one attached hydrogen (secondary N) is 1. The smallest absolute Gasteiger partial charge is 0.272 e. The number of benzene rings is 2. The van der Waals surface area contributed by atoms with E-state index in [-0.39, 0.29) is 11.4 Å². The Hall–Kier alpha value is -3.40. The molecule has 4 nitrogen and oxygen atoms in total. The van der Waals surface area contributed by atoms with Crippen LogP contribution < -0.4 is 5.32 Å². The summed E-state index contributed by atoms with van der Waals surface area (Å²) in [7, 11) is 0. The summed E-state index contributed by atoms with van der Waals surface area (Å²) < 4.78 is 1.98. The van der Waals surface area contributed by atoms with Gasteiger partial charge in [-0.05, 0) is 30.5 Å². The highest BCUT2D eigenvalue weighted by atomic mass is 16.2. The number of carbonyl (C=O) groups is 1. The van der Waals surface area contributed by atoms with Gasteiger partial charge in [0, 0.05) is 11.8 Å². The van der Waals surface area contributed by atoms with E-state index < -0.39 is 0 Å². The van der Waals surface area contributed by atoms with Gasteiger partial charge < -0.3 is 5.32 Å². The van der Waals surface area contributed by atoms with E-state index in [0.29, 0.717) is 5.69 Å². The summed E-state index contributed by atoms with van der Waals surface area (Å²) in [5.41, 5.74) is 3.18. The highest BCUT2D eigenvalue weighted by Gasteiger charge is 2.46. The molecule has 0 saturated heterocycles. The van der Waals surface area contributed by atoms with Crippen LogP contribution in [0.2, 0.25) is 0 Å². The van der Waals surface area contributed by atoms with Gasteiger partial charge in [0.15, 0.2) is 5.69 Å². The lowest BCUT2D eigenvalue weighted by atomic mass is 10.0. The third kappa shape index (κ3) is 2.70. The number of rotatable bonds is 4. The van der Waals surface area contributed by atoms with Crippen LogP contribution in [0.15, 0.2) is 85.1 Å². The molecule has 0 bridgehead atoms. The monoisotopic (exact) mass is 353 g/mol. The van der Waals surface area contributed by atoms with Crippen LogP contribution in [-0.2, 0) is 5.54 Å². The summed E-state index contributed by atoms with van der Waals surface area (Å²) in [5.74, 6) is 0.656. The number of nitrogens with zero attached hydrogens (tertiary/aromatic N) is 2. The molecule has 2 heterocycles. The topological polar surface area (TPSA) is 46.4 Å². The van der Waals surface area contributed by atoms with E-state index in [0.717, 1.165) is 35.3 Å². The second-order valence-corrected chi connectivity index (χ2v) is 7.01. The van der Waals surface area contributed by atoms with Crippen LogP contribution in [0.5, 0.6) is 0 Å². The molecule has 0 radical (unpaired) electrons. The van der Waals surface area contributed by atoms with Crippen molar-refractivity contribution >= 4 is 11.4 Å². The lowest BCUT2D eigenvalue weighted by molar-refractivity contribution is 0.0928. The number of imidazole rings is 1. The highest BCUT2D eigenvalue weighted by molar-refractivity contribution is 6.00. The molecule has 2 aromatic heterocycles. The average Bonchev–Trinajstić information content (AvgIpc) is 3.41. The largest absolute Gasteiger partial charge is 0.341 e.